The Kier molecular flexibility index (Phi) is 4.85. The van der Waals surface area contributed by atoms with Crippen molar-refractivity contribution in [1.82, 2.24) is 0 Å². The van der Waals surface area contributed by atoms with Crippen LogP contribution in [-0.2, 0) is 4.79 Å². The summed E-state index contributed by atoms with van der Waals surface area (Å²) in [6, 6.07) is 9.15. The number of nitrogens with zero attached hydrogens (tertiary/aromatic N) is 1. The van der Waals surface area contributed by atoms with E-state index in [4.69, 9.17) is 16.3 Å². The molecule has 0 aromatic heterocycles. The van der Waals surface area contributed by atoms with E-state index < -0.39 is 16.7 Å². The summed E-state index contributed by atoms with van der Waals surface area (Å²) in [5.74, 6) is -1.16. The second-order valence-electron chi connectivity index (χ2n) is 4.18. The Labute approximate surface area is 129 Å². The third-order valence-corrected chi connectivity index (χ3v) is 2.89. The van der Waals surface area contributed by atoms with Gasteiger partial charge in [-0.05, 0) is 29.8 Å². The van der Waals surface area contributed by atoms with Gasteiger partial charge in [-0.2, -0.15) is 0 Å². The number of nitro groups is 1. The third-order valence-electron chi connectivity index (χ3n) is 2.60. The quantitative estimate of drug-likeness (QED) is 0.280. The van der Waals surface area contributed by atoms with Crippen molar-refractivity contribution in [2.75, 3.05) is 0 Å². The van der Waals surface area contributed by atoms with Crippen molar-refractivity contribution in [2.45, 2.75) is 0 Å². The van der Waals surface area contributed by atoms with E-state index in [1.165, 1.54) is 36.4 Å². The molecule has 2 aromatic carbocycles. The normalized spacial score (nSPS) is 10.6. The lowest BCUT2D eigenvalue weighted by molar-refractivity contribution is -0.384. The van der Waals surface area contributed by atoms with Gasteiger partial charge in [-0.25, -0.2) is 9.18 Å². The molecule has 0 unspecified atom stereocenters. The van der Waals surface area contributed by atoms with Crippen molar-refractivity contribution in [3.05, 3.63) is 75.1 Å². The summed E-state index contributed by atoms with van der Waals surface area (Å²) in [5.41, 5.74) is 0.284. The Morgan fingerprint density at radius 3 is 2.68 bits per heavy atom. The third kappa shape index (κ3) is 4.13. The number of rotatable bonds is 4. The SMILES string of the molecule is O=C(/C=C/c1cccc(F)c1)Oc1ccc([N+](=O)[O-])cc1Cl. The molecule has 0 heterocycles. The predicted octanol–water partition coefficient (Wildman–Crippen LogP) is 4.01. The average Bonchev–Trinajstić information content (AvgIpc) is 2.47. The molecule has 0 bridgehead atoms. The highest BCUT2D eigenvalue weighted by atomic mass is 35.5. The minimum Gasteiger partial charge on any atom is -0.422 e. The van der Waals surface area contributed by atoms with E-state index in [2.05, 4.69) is 0 Å². The Morgan fingerprint density at radius 2 is 2.05 bits per heavy atom. The topological polar surface area (TPSA) is 69.4 Å². The number of hydrogen-bond donors (Lipinski definition) is 0. The molecule has 0 aliphatic heterocycles. The van der Waals surface area contributed by atoms with E-state index in [1.54, 1.807) is 6.07 Å². The highest BCUT2D eigenvalue weighted by Gasteiger charge is 2.12. The number of esters is 1. The molecule has 0 fully saturated rings. The molecule has 0 aliphatic rings. The van der Waals surface area contributed by atoms with Gasteiger partial charge in [-0.1, -0.05) is 23.7 Å². The van der Waals surface area contributed by atoms with Gasteiger partial charge >= 0.3 is 5.97 Å². The van der Waals surface area contributed by atoms with Crippen LogP contribution in [0.5, 0.6) is 5.75 Å². The predicted molar refractivity (Wildman–Crippen MR) is 79.2 cm³/mol. The maximum Gasteiger partial charge on any atom is 0.336 e. The first-order valence-electron chi connectivity index (χ1n) is 6.05. The summed E-state index contributed by atoms with van der Waals surface area (Å²) in [4.78, 5) is 21.6. The molecule has 112 valence electrons. The molecule has 0 N–H and O–H groups in total. The maximum absolute atomic E-state index is 13.0. The first kappa shape index (κ1) is 15.7. The Morgan fingerprint density at radius 1 is 1.27 bits per heavy atom. The van der Waals surface area contributed by atoms with Gasteiger partial charge < -0.3 is 4.74 Å². The number of carbonyl (C=O) groups excluding carboxylic acids is 1. The van der Waals surface area contributed by atoms with Crippen LogP contribution in [-0.4, -0.2) is 10.9 Å². The molecule has 0 amide bonds. The molecule has 2 aromatic rings. The molecule has 0 radical (unpaired) electrons. The van der Waals surface area contributed by atoms with Gasteiger partial charge in [0.2, 0.25) is 0 Å². The first-order chi connectivity index (χ1) is 10.5. The van der Waals surface area contributed by atoms with Gasteiger partial charge in [-0.3, -0.25) is 10.1 Å². The van der Waals surface area contributed by atoms with Crippen molar-refractivity contribution in [3.8, 4) is 5.75 Å². The summed E-state index contributed by atoms with van der Waals surface area (Å²) in [6.07, 6.45) is 2.48. The van der Waals surface area contributed by atoms with Crippen molar-refractivity contribution in [1.29, 1.82) is 0 Å². The molecule has 0 aliphatic carbocycles. The summed E-state index contributed by atoms with van der Waals surface area (Å²) in [7, 11) is 0. The molecule has 22 heavy (non-hydrogen) atoms. The summed E-state index contributed by atoms with van der Waals surface area (Å²) in [6.45, 7) is 0. The largest absolute Gasteiger partial charge is 0.422 e. The molecule has 0 saturated carbocycles. The van der Waals surface area contributed by atoms with Crippen molar-refractivity contribution in [3.63, 3.8) is 0 Å². The van der Waals surface area contributed by atoms with Crippen molar-refractivity contribution < 1.29 is 18.8 Å². The lowest BCUT2D eigenvalue weighted by atomic mass is 10.2. The van der Waals surface area contributed by atoms with Gasteiger partial charge in [-0.15, -0.1) is 0 Å². The van der Waals surface area contributed by atoms with Gasteiger partial charge in [0.25, 0.3) is 5.69 Å². The smallest absolute Gasteiger partial charge is 0.336 e. The molecular formula is C15H9ClFNO4. The van der Waals surface area contributed by atoms with Crippen LogP contribution in [0.25, 0.3) is 6.08 Å². The van der Waals surface area contributed by atoms with Gasteiger partial charge in [0.15, 0.2) is 0 Å². The van der Waals surface area contributed by atoms with E-state index >= 15 is 0 Å². The number of non-ortho nitro benzene ring substituents is 1. The van der Waals surface area contributed by atoms with E-state index in [9.17, 15) is 19.3 Å². The number of nitro benzene ring substituents is 1. The number of ether oxygens (including phenoxy) is 1. The van der Waals surface area contributed by atoms with Crippen LogP contribution >= 0.6 is 11.6 Å². The summed E-state index contributed by atoms with van der Waals surface area (Å²) >= 11 is 5.80. The average molecular weight is 322 g/mol. The lowest BCUT2D eigenvalue weighted by Gasteiger charge is -2.03. The fraction of sp³-hybridized carbons (Fsp3) is 0. The number of hydrogen-bond acceptors (Lipinski definition) is 4. The minimum absolute atomic E-state index is 0.00107. The first-order valence-corrected chi connectivity index (χ1v) is 6.43. The second-order valence-corrected chi connectivity index (χ2v) is 4.59. The standard InChI is InChI=1S/C15H9ClFNO4/c16-13-9-12(18(20)21)5-6-14(13)22-15(19)7-4-10-2-1-3-11(17)8-10/h1-9H/b7-4+. The molecule has 0 spiro atoms. The zero-order valence-electron chi connectivity index (χ0n) is 11.0. The van der Waals surface area contributed by atoms with Crippen molar-refractivity contribution >= 4 is 29.3 Å². The molecular weight excluding hydrogens is 313 g/mol. The molecule has 0 saturated heterocycles. The summed E-state index contributed by atoms with van der Waals surface area (Å²) < 4.78 is 17.9. The van der Waals surface area contributed by atoms with Crippen LogP contribution < -0.4 is 4.74 Å². The van der Waals surface area contributed by atoms with Crippen LogP contribution in [0.3, 0.4) is 0 Å². The van der Waals surface area contributed by atoms with Crippen LogP contribution in [0.2, 0.25) is 5.02 Å². The van der Waals surface area contributed by atoms with Gasteiger partial charge in [0.05, 0.1) is 9.95 Å². The van der Waals surface area contributed by atoms with E-state index in [1.807, 2.05) is 0 Å². The van der Waals surface area contributed by atoms with Crippen molar-refractivity contribution in [2.24, 2.45) is 0 Å². The number of halogens is 2. The molecule has 5 nitrogen and oxygen atoms in total. The fourth-order valence-corrected chi connectivity index (χ4v) is 1.82. The highest BCUT2D eigenvalue weighted by molar-refractivity contribution is 6.32. The van der Waals surface area contributed by atoms with Crippen LogP contribution in [0.4, 0.5) is 10.1 Å². The van der Waals surface area contributed by atoms with Gasteiger partial charge in [0, 0.05) is 18.2 Å². The molecule has 7 heteroatoms. The van der Waals surface area contributed by atoms with E-state index in [0.29, 0.717) is 5.56 Å². The fourth-order valence-electron chi connectivity index (χ4n) is 1.60. The molecule has 0 atom stereocenters. The monoisotopic (exact) mass is 321 g/mol. The summed E-state index contributed by atoms with van der Waals surface area (Å²) in [5, 5.41) is 10.5. The highest BCUT2D eigenvalue weighted by Crippen LogP contribution is 2.28. The van der Waals surface area contributed by atoms with E-state index in [0.717, 1.165) is 12.1 Å². The Balaban J connectivity index is 2.07. The van der Waals surface area contributed by atoms with E-state index in [-0.39, 0.29) is 16.5 Å². The Hall–Kier alpha value is -2.73. The number of carbonyl (C=O) groups is 1. The number of benzene rings is 2. The lowest BCUT2D eigenvalue weighted by Crippen LogP contribution is -2.04. The van der Waals surface area contributed by atoms with Crippen LogP contribution in [0.15, 0.2) is 48.5 Å². The second kappa shape index (κ2) is 6.82. The van der Waals surface area contributed by atoms with Crippen LogP contribution in [0.1, 0.15) is 5.56 Å². The Bertz CT molecular complexity index is 761. The zero-order valence-corrected chi connectivity index (χ0v) is 11.8. The van der Waals surface area contributed by atoms with Gasteiger partial charge in [0.1, 0.15) is 11.6 Å². The maximum atomic E-state index is 13.0. The minimum atomic E-state index is -0.736. The zero-order chi connectivity index (χ0) is 16.1. The van der Waals surface area contributed by atoms with Crippen LogP contribution in [0, 0.1) is 15.9 Å². The molecule has 2 rings (SSSR count).